The van der Waals surface area contributed by atoms with Gasteiger partial charge in [0.1, 0.15) is 6.61 Å². The molecule has 0 aliphatic heterocycles. The number of esters is 1. The van der Waals surface area contributed by atoms with Crippen molar-refractivity contribution in [2.24, 2.45) is 0 Å². The van der Waals surface area contributed by atoms with Crippen LogP contribution < -0.4 is 0 Å². The molecule has 0 heterocycles. The maximum Gasteiger partial charge on any atom is 0.333 e. The molecule has 0 bridgehead atoms. The van der Waals surface area contributed by atoms with Crippen LogP contribution in [0.15, 0.2) is 42.5 Å². The molecule has 0 amide bonds. The fraction of sp³-hybridized carbons (Fsp3) is 0.308. The van der Waals surface area contributed by atoms with Crippen LogP contribution in [0.4, 0.5) is 0 Å². The predicted molar refractivity (Wildman–Crippen MR) is 60.3 cm³/mol. The minimum absolute atomic E-state index is 0.291. The quantitative estimate of drug-likeness (QED) is 0.544. The minimum atomic E-state index is -0.291. The molecule has 1 rings (SSSR count). The second-order valence-electron chi connectivity index (χ2n) is 3.42. The third-order valence-corrected chi connectivity index (χ3v) is 2.05. The summed E-state index contributed by atoms with van der Waals surface area (Å²) in [6.07, 6.45) is 1.62. The zero-order valence-electron chi connectivity index (χ0n) is 9.03. The monoisotopic (exact) mass is 204 g/mol. The predicted octanol–water partition coefficient (Wildman–Crippen LogP) is 3.09. The average Bonchev–Trinajstić information content (AvgIpc) is 2.27. The third kappa shape index (κ3) is 3.98. The maximum absolute atomic E-state index is 11.4. The largest absolute Gasteiger partial charge is 0.457 e. The summed E-state index contributed by atoms with van der Waals surface area (Å²) in [5.74, 6) is -0.291. The smallest absolute Gasteiger partial charge is 0.333 e. The highest BCUT2D eigenvalue weighted by Crippen LogP contribution is 2.07. The Bertz CT molecular complexity index is 328. The summed E-state index contributed by atoms with van der Waals surface area (Å²) in [5, 5.41) is 0. The van der Waals surface area contributed by atoms with E-state index in [1.165, 1.54) is 0 Å². The van der Waals surface area contributed by atoms with E-state index >= 15 is 0 Å². The number of ether oxygens (including phenoxy) is 1. The van der Waals surface area contributed by atoms with E-state index in [-0.39, 0.29) is 5.97 Å². The standard InChI is InChI=1S/C13H16O2/c1-3-7-11(2)13(14)15-10-12-8-5-4-6-9-12/h4-6,8-9H,2-3,7,10H2,1H3. The van der Waals surface area contributed by atoms with Gasteiger partial charge in [-0.05, 0) is 12.0 Å². The lowest BCUT2D eigenvalue weighted by atomic mass is 10.2. The van der Waals surface area contributed by atoms with Crippen molar-refractivity contribution in [3.05, 3.63) is 48.0 Å². The first-order chi connectivity index (χ1) is 7.24. The molecule has 15 heavy (non-hydrogen) atoms. The first-order valence-corrected chi connectivity index (χ1v) is 5.13. The molecule has 2 heteroatoms. The lowest BCUT2D eigenvalue weighted by molar-refractivity contribution is -0.140. The van der Waals surface area contributed by atoms with Gasteiger partial charge in [-0.15, -0.1) is 0 Å². The maximum atomic E-state index is 11.4. The molecule has 0 unspecified atom stereocenters. The number of carbonyl (C=O) groups is 1. The number of benzene rings is 1. The fourth-order valence-electron chi connectivity index (χ4n) is 1.23. The van der Waals surface area contributed by atoms with Gasteiger partial charge < -0.3 is 4.74 Å². The Hall–Kier alpha value is -1.57. The van der Waals surface area contributed by atoms with Crippen molar-refractivity contribution in [3.8, 4) is 0 Å². The van der Waals surface area contributed by atoms with E-state index in [0.29, 0.717) is 18.6 Å². The van der Waals surface area contributed by atoms with E-state index < -0.39 is 0 Å². The molecule has 0 spiro atoms. The van der Waals surface area contributed by atoms with Gasteiger partial charge in [0.15, 0.2) is 0 Å². The minimum Gasteiger partial charge on any atom is -0.457 e. The molecule has 0 saturated carbocycles. The van der Waals surface area contributed by atoms with Gasteiger partial charge in [-0.3, -0.25) is 0 Å². The first-order valence-electron chi connectivity index (χ1n) is 5.13. The van der Waals surface area contributed by atoms with Crippen molar-refractivity contribution in [2.75, 3.05) is 0 Å². The molecular weight excluding hydrogens is 188 g/mol. The Morgan fingerprint density at radius 1 is 1.33 bits per heavy atom. The molecule has 0 atom stereocenters. The second kappa shape index (κ2) is 6.02. The third-order valence-electron chi connectivity index (χ3n) is 2.05. The van der Waals surface area contributed by atoms with Gasteiger partial charge in [-0.2, -0.15) is 0 Å². The van der Waals surface area contributed by atoms with Crippen molar-refractivity contribution in [1.82, 2.24) is 0 Å². The molecule has 1 aromatic carbocycles. The van der Waals surface area contributed by atoms with Crippen LogP contribution >= 0.6 is 0 Å². The van der Waals surface area contributed by atoms with Gasteiger partial charge in [0.25, 0.3) is 0 Å². The van der Waals surface area contributed by atoms with Crippen LogP contribution in [-0.2, 0) is 16.1 Å². The molecular formula is C13H16O2. The molecule has 80 valence electrons. The van der Waals surface area contributed by atoms with Crippen molar-refractivity contribution < 1.29 is 9.53 Å². The second-order valence-corrected chi connectivity index (χ2v) is 3.42. The van der Waals surface area contributed by atoms with Crippen LogP contribution in [-0.4, -0.2) is 5.97 Å². The summed E-state index contributed by atoms with van der Waals surface area (Å²) in [7, 11) is 0. The summed E-state index contributed by atoms with van der Waals surface area (Å²) >= 11 is 0. The highest BCUT2D eigenvalue weighted by atomic mass is 16.5. The summed E-state index contributed by atoms with van der Waals surface area (Å²) < 4.78 is 5.10. The van der Waals surface area contributed by atoms with Gasteiger partial charge in [0.2, 0.25) is 0 Å². The topological polar surface area (TPSA) is 26.3 Å². The van der Waals surface area contributed by atoms with Gasteiger partial charge in [0.05, 0.1) is 0 Å². The van der Waals surface area contributed by atoms with Crippen LogP contribution in [0.25, 0.3) is 0 Å². The van der Waals surface area contributed by atoms with Crippen LogP contribution in [0.5, 0.6) is 0 Å². The van der Waals surface area contributed by atoms with Gasteiger partial charge >= 0.3 is 5.97 Å². The number of carbonyl (C=O) groups excluding carboxylic acids is 1. The lowest BCUT2D eigenvalue weighted by Gasteiger charge is -2.05. The Morgan fingerprint density at radius 2 is 2.00 bits per heavy atom. The van der Waals surface area contributed by atoms with Gasteiger partial charge in [-0.25, -0.2) is 4.79 Å². The van der Waals surface area contributed by atoms with Gasteiger partial charge in [-0.1, -0.05) is 50.3 Å². The SMILES string of the molecule is C=C(CCC)C(=O)OCc1ccccc1. The van der Waals surface area contributed by atoms with E-state index in [1.807, 2.05) is 37.3 Å². The molecule has 1 aromatic rings. The Kier molecular flexibility index (Phi) is 4.61. The van der Waals surface area contributed by atoms with Gasteiger partial charge in [0, 0.05) is 5.57 Å². The van der Waals surface area contributed by atoms with Crippen LogP contribution in [0.3, 0.4) is 0 Å². The number of rotatable bonds is 5. The van der Waals surface area contributed by atoms with Crippen molar-refractivity contribution in [1.29, 1.82) is 0 Å². The summed E-state index contributed by atoms with van der Waals surface area (Å²) in [6.45, 7) is 6.01. The van der Waals surface area contributed by atoms with E-state index in [2.05, 4.69) is 6.58 Å². The molecule has 0 saturated heterocycles. The number of hydrogen-bond donors (Lipinski definition) is 0. The molecule has 0 radical (unpaired) electrons. The van der Waals surface area contributed by atoms with E-state index in [9.17, 15) is 4.79 Å². The molecule has 0 N–H and O–H groups in total. The fourth-order valence-corrected chi connectivity index (χ4v) is 1.23. The Morgan fingerprint density at radius 3 is 2.60 bits per heavy atom. The summed E-state index contributed by atoms with van der Waals surface area (Å²) in [6, 6.07) is 9.63. The number of hydrogen-bond acceptors (Lipinski definition) is 2. The highest BCUT2D eigenvalue weighted by Gasteiger charge is 2.06. The van der Waals surface area contributed by atoms with E-state index in [1.54, 1.807) is 0 Å². The van der Waals surface area contributed by atoms with Crippen LogP contribution in [0, 0.1) is 0 Å². The summed E-state index contributed by atoms with van der Waals surface area (Å²) in [5.41, 5.74) is 1.54. The molecule has 0 aromatic heterocycles. The average molecular weight is 204 g/mol. The zero-order valence-corrected chi connectivity index (χ0v) is 9.03. The van der Waals surface area contributed by atoms with Crippen molar-refractivity contribution >= 4 is 5.97 Å². The van der Waals surface area contributed by atoms with Crippen LogP contribution in [0.1, 0.15) is 25.3 Å². The molecule has 0 aliphatic carbocycles. The molecule has 2 nitrogen and oxygen atoms in total. The van der Waals surface area contributed by atoms with E-state index in [4.69, 9.17) is 4.74 Å². The Balaban J connectivity index is 2.38. The normalized spacial score (nSPS) is 9.67. The molecule has 0 aliphatic rings. The summed E-state index contributed by atoms with van der Waals surface area (Å²) in [4.78, 5) is 11.4. The molecule has 0 fully saturated rings. The zero-order chi connectivity index (χ0) is 11.1. The van der Waals surface area contributed by atoms with Crippen molar-refractivity contribution in [3.63, 3.8) is 0 Å². The van der Waals surface area contributed by atoms with Crippen LogP contribution in [0.2, 0.25) is 0 Å². The highest BCUT2D eigenvalue weighted by molar-refractivity contribution is 5.87. The first kappa shape index (κ1) is 11.5. The Labute approximate surface area is 90.6 Å². The van der Waals surface area contributed by atoms with Crippen molar-refractivity contribution in [2.45, 2.75) is 26.4 Å². The lowest BCUT2D eigenvalue weighted by Crippen LogP contribution is -2.06. The van der Waals surface area contributed by atoms with E-state index in [0.717, 1.165) is 12.0 Å².